The molecule has 15 heavy (non-hydrogen) atoms. The van der Waals surface area contributed by atoms with Gasteiger partial charge in [0.05, 0.1) is 11.6 Å². The van der Waals surface area contributed by atoms with E-state index in [2.05, 4.69) is 10.2 Å². The van der Waals surface area contributed by atoms with Crippen LogP contribution in [0, 0.1) is 0 Å². The summed E-state index contributed by atoms with van der Waals surface area (Å²) in [4.78, 5) is 13.0. The molecule has 76 valence electrons. The van der Waals surface area contributed by atoms with Crippen LogP contribution in [0.25, 0.3) is 0 Å². The molecule has 0 aromatic carbocycles. The first kappa shape index (κ1) is 8.35. The van der Waals surface area contributed by atoms with Crippen molar-refractivity contribution < 1.29 is 9.90 Å². The lowest BCUT2D eigenvalue weighted by Gasteiger charge is -2.30. The van der Waals surface area contributed by atoms with E-state index >= 15 is 0 Å². The number of hydrogen-bond donors (Lipinski definition) is 2. The van der Waals surface area contributed by atoms with Gasteiger partial charge in [-0.25, -0.2) is 4.79 Å². The van der Waals surface area contributed by atoms with Crippen molar-refractivity contribution in [3.05, 3.63) is 47.5 Å². The van der Waals surface area contributed by atoms with Gasteiger partial charge in [-0.15, -0.1) is 0 Å². The first-order valence-corrected chi connectivity index (χ1v) is 4.84. The third-order valence-corrected chi connectivity index (χ3v) is 2.81. The van der Waals surface area contributed by atoms with Gasteiger partial charge in [0.25, 0.3) is 0 Å². The van der Waals surface area contributed by atoms with Gasteiger partial charge >= 0.3 is 5.97 Å². The molecule has 3 heterocycles. The normalized spacial score (nSPS) is 26.3. The van der Waals surface area contributed by atoms with Crippen LogP contribution in [-0.4, -0.2) is 28.6 Å². The third-order valence-electron chi connectivity index (χ3n) is 2.81. The van der Waals surface area contributed by atoms with Crippen LogP contribution < -0.4 is 5.32 Å². The Morgan fingerprint density at radius 1 is 1.60 bits per heavy atom. The molecular weight excluding hydrogens is 192 g/mol. The highest BCUT2D eigenvalue weighted by molar-refractivity contribution is 5.90. The monoisotopic (exact) mass is 202 g/mol. The van der Waals surface area contributed by atoms with Crippen molar-refractivity contribution in [1.82, 2.24) is 10.2 Å². The van der Waals surface area contributed by atoms with Crippen LogP contribution in [0.15, 0.2) is 47.5 Å². The zero-order valence-corrected chi connectivity index (χ0v) is 7.97. The summed E-state index contributed by atoms with van der Waals surface area (Å²) in [5, 5.41) is 12.2. The van der Waals surface area contributed by atoms with Gasteiger partial charge in [0, 0.05) is 12.2 Å². The Kier molecular flexibility index (Phi) is 1.54. The third kappa shape index (κ3) is 1.11. The van der Waals surface area contributed by atoms with Crippen molar-refractivity contribution in [3.8, 4) is 0 Å². The Morgan fingerprint density at radius 3 is 3.27 bits per heavy atom. The average molecular weight is 202 g/mol. The second-order valence-corrected chi connectivity index (χ2v) is 3.73. The molecule has 1 fully saturated rings. The molecule has 1 atom stereocenters. The summed E-state index contributed by atoms with van der Waals surface area (Å²) < 4.78 is 0. The fourth-order valence-electron chi connectivity index (χ4n) is 2.15. The molecule has 3 aliphatic heterocycles. The van der Waals surface area contributed by atoms with E-state index in [4.69, 9.17) is 5.11 Å². The topological polar surface area (TPSA) is 52.6 Å². The van der Waals surface area contributed by atoms with E-state index in [1.165, 1.54) is 0 Å². The van der Waals surface area contributed by atoms with Crippen LogP contribution in [0.3, 0.4) is 0 Å². The van der Waals surface area contributed by atoms with Gasteiger partial charge in [-0.1, -0.05) is 6.08 Å². The Morgan fingerprint density at radius 2 is 2.47 bits per heavy atom. The van der Waals surface area contributed by atoms with Crippen molar-refractivity contribution >= 4 is 5.97 Å². The van der Waals surface area contributed by atoms with Crippen LogP contribution in [0.4, 0.5) is 0 Å². The molecule has 4 heteroatoms. The van der Waals surface area contributed by atoms with Crippen LogP contribution in [0.1, 0.15) is 0 Å². The molecule has 2 N–H and O–H groups in total. The highest BCUT2D eigenvalue weighted by Gasteiger charge is 2.33. The standard InChI is InChI=1S/C11H10N2O2/c14-11(15)7-4-8-2-1-3-10-12-6-9(5-7)13(8)10/h1-5,9,12H,6H2,(H,14,15). The summed E-state index contributed by atoms with van der Waals surface area (Å²) >= 11 is 0. The van der Waals surface area contributed by atoms with E-state index in [1.54, 1.807) is 12.2 Å². The summed E-state index contributed by atoms with van der Waals surface area (Å²) in [6.07, 6.45) is 9.35. The maximum absolute atomic E-state index is 10.9. The van der Waals surface area contributed by atoms with Gasteiger partial charge in [0.2, 0.25) is 0 Å². The minimum atomic E-state index is -0.862. The molecule has 4 nitrogen and oxygen atoms in total. The number of hydrogen-bond acceptors (Lipinski definition) is 3. The summed E-state index contributed by atoms with van der Waals surface area (Å²) in [6, 6.07) is 0.132. The van der Waals surface area contributed by atoms with Crippen molar-refractivity contribution in [3.63, 3.8) is 0 Å². The molecular formula is C11H10N2O2. The van der Waals surface area contributed by atoms with Crippen molar-refractivity contribution in [1.29, 1.82) is 0 Å². The smallest absolute Gasteiger partial charge is 0.335 e. The molecule has 0 aromatic heterocycles. The molecule has 1 saturated heterocycles. The lowest BCUT2D eigenvalue weighted by atomic mass is 10.0. The number of nitrogens with zero attached hydrogens (tertiary/aromatic N) is 1. The first-order valence-electron chi connectivity index (χ1n) is 4.84. The van der Waals surface area contributed by atoms with Crippen molar-refractivity contribution in [2.75, 3.05) is 6.54 Å². The molecule has 0 aliphatic carbocycles. The lowest BCUT2D eigenvalue weighted by Crippen LogP contribution is -2.31. The zero-order chi connectivity index (χ0) is 10.4. The SMILES string of the molecule is O=C(O)C1=CC2CNC3=CC=CC(=C1)N32. The second-order valence-electron chi connectivity index (χ2n) is 3.73. The van der Waals surface area contributed by atoms with Gasteiger partial charge < -0.3 is 15.3 Å². The largest absolute Gasteiger partial charge is 0.478 e. The highest BCUT2D eigenvalue weighted by atomic mass is 16.4. The Balaban J connectivity index is 2.08. The Labute approximate surface area is 86.9 Å². The fraction of sp³-hybridized carbons (Fsp3) is 0.182. The van der Waals surface area contributed by atoms with E-state index in [0.29, 0.717) is 5.57 Å². The number of aliphatic carboxylic acids is 1. The molecule has 0 radical (unpaired) electrons. The van der Waals surface area contributed by atoms with Crippen molar-refractivity contribution in [2.24, 2.45) is 0 Å². The predicted molar refractivity (Wildman–Crippen MR) is 54.7 cm³/mol. The number of nitrogens with one attached hydrogen (secondary N) is 1. The zero-order valence-electron chi connectivity index (χ0n) is 7.97. The van der Waals surface area contributed by atoms with Gasteiger partial charge in [-0.05, 0) is 24.3 Å². The lowest BCUT2D eigenvalue weighted by molar-refractivity contribution is -0.132. The van der Waals surface area contributed by atoms with E-state index in [1.807, 2.05) is 18.2 Å². The first-order chi connectivity index (χ1) is 7.25. The van der Waals surface area contributed by atoms with Gasteiger partial charge in [0.15, 0.2) is 0 Å². The van der Waals surface area contributed by atoms with Gasteiger partial charge in [-0.2, -0.15) is 0 Å². The summed E-state index contributed by atoms with van der Waals surface area (Å²) in [5.41, 5.74) is 1.32. The predicted octanol–water partition coefficient (Wildman–Crippen LogP) is 0.580. The fourth-order valence-corrected chi connectivity index (χ4v) is 2.15. The van der Waals surface area contributed by atoms with Gasteiger partial charge in [0.1, 0.15) is 5.82 Å². The molecule has 0 bridgehead atoms. The minimum absolute atomic E-state index is 0.132. The number of allylic oxidation sites excluding steroid dienone is 3. The number of rotatable bonds is 1. The number of carboxylic acids is 1. The molecule has 3 aliphatic rings. The molecule has 3 rings (SSSR count). The molecule has 0 spiro atoms. The van der Waals surface area contributed by atoms with Crippen LogP contribution in [-0.2, 0) is 4.79 Å². The van der Waals surface area contributed by atoms with Crippen LogP contribution >= 0.6 is 0 Å². The summed E-state index contributed by atoms with van der Waals surface area (Å²) in [6.45, 7) is 0.766. The minimum Gasteiger partial charge on any atom is -0.478 e. The molecule has 0 saturated carbocycles. The van der Waals surface area contributed by atoms with E-state index in [-0.39, 0.29) is 6.04 Å². The maximum atomic E-state index is 10.9. The van der Waals surface area contributed by atoms with E-state index in [9.17, 15) is 4.79 Å². The Bertz CT molecular complexity index is 457. The van der Waals surface area contributed by atoms with Crippen LogP contribution in [0.5, 0.6) is 0 Å². The van der Waals surface area contributed by atoms with Crippen molar-refractivity contribution in [2.45, 2.75) is 6.04 Å². The highest BCUT2D eigenvalue weighted by Crippen LogP contribution is 2.30. The number of carbonyl (C=O) groups is 1. The quantitative estimate of drug-likeness (QED) is 0.653. The maximum Gasteiger partial charge on any atom is 0.335 e. The van der Waals surface area contributed by atoms with E-state index < -0.39 is 5.97 Å². The molecule has 1 unspecified atom stereocenters. The van der Waals surface area contributed by atoms with E-state index in [0.717, 1.165) is 18.1 Å². The summed E-state index contributed by atoms with van der Waals surface area (Å²) in [7, 11) is 0. The van der Waals surface area contributed by atoms with Gasteiger partial charge in [-0.3, -0.25) is 0 Å². The molecule has 0 aromatic rings. The number of carboxylic acid groups (broad SMARTS) is 1. The molecule has 0 amide bonds. The second kappa shape index (κ2) is 2.76. The van der Waals surface area contributed by atoms with Crippen LogP contribution in [0.2, 0.25) is 0 Å². The summed E-state index contributed by atoms with van der Waals surface area (Å²) in [5.74, 6) is 0.188. The average Bonchev–Trinajstić information content (AvgIpc) is 2.64. The Hall–Kier alpha value is -1.97.